The van der Waals surface area contributed by atoms with Crippen LogP contribution in [0.15, 0.2) is 42.5 Å². The molecule has 0 atom stereocenters. The van der Waals surface area contributed by atoms with E-state index in [4.69, 9.17) is 15.2 Å². The summed E-state index contributed by atoms with van der Waals surface area (Å²) >= 11 is 0. The number of benzene rings is 2. The van der Waals surface area contributed by atoms with Gasteiger partial charge >= 0.3 is 0 Å². The molecule has 0 amide bonds. The van der Waals surface area contributed by atoms with Crippen LogP contribution in [0, 0.1) is 0 Å². The van der Waals surface area contributed by atoms with Gasteiger partial charge in [-0.25, -0.2) is 0 Å². The number of methoxy groups -OCH3 is 1. The van der Waals surface area contributed by atoms with Crippen molar-refractivity contribution >= 4 is 5.69 Å². The summed E-state index contributed by atoms with van der Waals surface area (Å²) in [5, 5.41) is 0. The van der Waals surface area contributed by atoms with Crippen molar-refractivity contribution in [3.63, 3.8) is 0 Å². The summed E-state index contributed by atoms with van der Waals surface area (Å²) in [6.07, 6.45) is 0. The molecule has 0 unspecified atom stereocenters. The van der Waals surface area contributed by atoms with Crippen LogP contribution in [0.5, 0.6) is 11.5 Å². The highest BCUT2D eigenvalue weighted by Gasteiger charge is 2.12. The van der Waals surface area contributed by atoms with Gasteiger partial charge in [-0.3, -0.25) is 0 Å². The molecule has 0 radical (unpaired) electrons. The van der Waals surface area contributed by atoms with Gasteiger partial charge in [0.2, 0.25) is 0 Å². The monoisotopic (exact) mass is 285 g/mol. The molecule has 0 aliphatic rings. The summed E-state index contributed by atoms with van der Waals surface area (Å²) in [5.41, 5.74) is 8.99. The maximum absolute atomic E-state index is 5.89. The summed E-state index contributed by atoms with van der Waals surface area (Å²) < 4.78 is 10.9. The summed E-state index contributed by atoms with van der Waals surface area (Å²) in [7, 11) is 1.61. The Morgan fingerprint density at radius 2 is 1.67 bits per heavy atom. The Labute approximate surface area is 126 Å². The predicted octanol–water partition coefficient (Wildman–Crippen LogP) is 4.15. The van der Waals surface area contributed by atoms with Crippen molar-refractivity contribution < 1.29 is 9.47 Å². The third kappa shape index (κ3) is 3.91. The minimum atomic E-state index is 0.156. The molecule has 112 valence electrons. The lowest BCUT2D eigenvalue weighted by molar-refractivity contribution is 0.306. The summed E-state index contributed by atoms with van der Waals surface area (Å²) in [6, 6.07) is 13.9. The molecular formula is C18H23NO2. The fourth-order valence-electron chi connectivity index (χ4n) is 2.09. The molecule has 0 aliphatic carbocycles. The van der Waals surface area contributed by atoms with Gasteiger partial charge in [0.25, 0.3) is 0 Å². The van der Waals surface area contributed by atoms with Crippen LogP contribution < -0.4 is 15.2 Å². The van der Waals surface area contributed by atoms with E-state index >= 15 is 0 Å². The minimum absolute atomic E-state index is 0.156. The van der Waals surface area contributed by atoms with E-state index in [-0.39, 0.29) is 5.41 Å². The Kier molecular flexibility index (Phi) is 4.41. The quantitative estimate of drug-likeness (QED) is 0.858. The molecule has 0 fully saturated rings. The number of hydrogen-bond donors (Lipinski definition) is 1. The molecule has 0 spiro atoms. The van der Waals surface area contributed by atoms with Crippen LogP contribution in [0.25, 0.3) is 0 Å². The standard InChI is InChI=1S/C18H23NO2/c1-18(2,3)14-6-8-15(9-7-14)21-12-13-5-10-17(20-4)16(19)11-13/h5-11H,12,19H2,1-4H3. The zero-order chi connectivity index (χ0) is 15.5. The van der Waals surface area contributed by atoms with E-state index in [1.807, 2.05) is 30.3 Å². The smallest absolute Gasteiger partial charge is 0.141 e. The molecule has 0 saturated heterocycles. The molecule has 0 bridgehead atoms. The molecule has 2 N–H and O–H groups in total. The number of nitrogens with two attached hydrogens (primary N) is 1. The van der Waals surface area contributed by atoms with E-state index in [1.165, 1.54) is 5.56 Å². The number of nitrogen functional groups attached to an aromatic ring is 1. The second kappa shape index (κ2) is 6.08. The van der Waals surface area contributed by atoms with E-state index in [0.29, 0.717) is 18.0 Å². The van der Waals surface area contributed by atoms with Crippen molar-refractivity contribution in [3.8, 4) is 11.5 Å². The SMILES string of the molecule is COc1ccc(COc2ccc(C(C)(C)C)cc2)cc1N. The Morgan fingerprint density at radius 3 is 2.19 bits per heavy atom. The first-order valence-electron chi connectivity index (χ1n) is 7.06. The Morgan fingerprint density at radius 1 is 1.00 bits per heavy atom. The van der Waals surface area contributed by atoms with Crippen LogP contribution in [0.3, 0.4) is 0 Å². The molecule has 0 aliphatic heterocycles. The van der Waals surface area contributed by atoms with Crippen LogP contribution in [0.4, 0.5) is 5.69 Å². The lowest BCUT2D eigenvalue weighted by Gasteiger charge is -2.19. The fourth-order valence-corrected chi connectivity index (χ4v) is 2.09. The van der Waals surface area contributed by atoms with Crippen LogP contribution in [0.1, 0.15) is 31.9 Å². The number of ether oxygens (including phenoxy) is 2. The summed E-state index contributed by atoms with van der Waals surface area (Å²) in [6.45, 7) is 7.08. The van der Waals surface area contributed by atoms with Crippen molar-refractivity contribution in [3.05, 3.63) is 53.6 Å². The highest BCUT2D eigenvalue weighted by Crippen LogP contribution is 2.25. The lowest BCUT2D eigenvalue weighted by atomic mass is 9.87. The zero-order valence-corrected chi connectivity index (χ0v) is 13.1. The van der Waals surface area contributed by atoms with Crippen LogP contribution in [-0.2, 0) is 12.0 Å². The lowest BCUT2D eigenvalue weighted by Crippen LogP contribution is -2.10. The van der Waals surface area contributed by atoms with Crippen LogP contribution >= 0.6 is 0 Å². The van der Waals surface area contributed by atoms with Crippen molar-refractivity contribution in [2.24, 2.45) is 0 Å². The van der Waals surface area contributed by atoms with E-state index < -0.39 is 0 Å². The average molecular weight is 285 g/mol. The number of rotatable bonds is 4. The van der Waals surface area contributed by atoms with E-state index in [0.717, 1.165) is 11.3 Å². The maximum Gasteiger partial charge on any atom is 0.141 e. The van der Waals surface area contributed by atoms with Crippen LogP contribution in [0.2, 0.25) is 0 Å². The zero-order valence-electron chi connectivity index (χ0n) is 13.1. The first-order valence-corrected chi connectivity index (χ1v) is 7.06. The van der Waals surface area contributed by atoms with Crippen molar-refractivity contribution in [1.29, 1.82) is 0 Å². The second-order valence-corrected chi connectivity index (χ2v) is 6.14. The van der Waals surface area contributed by atoms with E-state index in [9.17, 15) is 0 Å². The van der Waals surface area contributed by atoms with Gasteiger partial charge in [-0.2, -0.15) is 0 Å². The average Bonchev–Trinajstić information content (AvgIpc) is 2.45. The molecule has 3 heteroatoms. The normalized spacial score (nSPS) is 11.2. The fraction of sp³-hybridized carbons (Fsp3) is 0.333. The van der Waals surface area contributed by atoms with Gasteiger partial charge in [0.1, 0.15) is 18.1 Å². The second-order valence-electron chi connectivity index (χ2n) is 6.14. The molecular weight excluding hydrogens is 262 g/mol. The molecule has 2 aromatic carbocycles. The number of anilines is 1. The molecule has 2 rings (SSSR count). The van der Waals surface area contributed by atoms with Gasteiger partial charge in [0.05, 0.1) is 12.8 Å². The van der Waals surface area contributed by atoms with E-state index in [2.05, 4.69) is 32.9 Å². The molecule has 3 nitrogen and oxygen atoms in total. The van der Waals surface area contributed by atoms with Crippen molar-refractivity contribution in [2.75, 3.05) is 12.8 Å². The largest absolute Gasteiger partial charge is 0.495 e. The Bertz CT molecular complexity index is 598. The van der Waals surface area contributed by atoms with Gasteiger partial charge in [-0.15, -0.1) is 0 Å². The van der Waals surface area contributed by atoms with Crippen molar-refractivity contribution in [1.82, 2.24) is 0 Å². The van der Waals surface area contributed by atoms with Gasteiger partial charge in [0, 0.05) is 0 Å². The predicted molar refractivity (Wildman–Crippen MR) is 86.9 cm³/mol. The molecule has 21 heavy (non-hydrogen) atoms. The summed E-state index contributed by atoms with van der Waals surface area (Å²) in [5.74, 6) is 1.55. The Hall–Kier alpha value is -2.16. The first-order chi connectivity index (χ1) is 9.90. The molecule has 2 aromatic rings. The number of hydrogen-bond acceptors (Lipinski definition) is 3. The Balaban J connectivity index is 2.01. The summed E-state index contributed by atoms with van der Waals surface area (Å²) in [4.78, 5) is 0. The molecule has 0 aromatic heterocycles. The van der Waals surface area contributed by atoms with Crippen molar-refractivity contribution in [2.45, 2.75) is 32.8 Å². The molecule has 0 heterocycles. The minimum Gasteiger partial charge on any atom is -0.495 e. The van der Waals surface area contributed by atoms with Gasteiger partial charge < -0.3 is 15.2 Å². The third-order valence-electron chi connectivity index (χ3n) is 3.42. The highest BCUT2D eigenvalue weighted by molar-refractivity contribution is 5.54. The molecule has 0 saturated carbocycles. The maximum atomic E-state index is 5.89. The highest BCUT2D eigenvalue weighted by atomic mass is 16.5. The van der Waals surface area contributed by atoms with Crippen LogP contribution in [-0.4, -0.2) is 7.11 Å². The third-order valence-corrected chi connectivity index (χ3v) is 3.42. The van der Waals surface area contributed by atoms with E-state index in [1.54, 1.807) is 7.11 Å². The topological polar surface area (TPSA) is 44.5 Å². The van der Waals surface area contributed by atoms with Gasteiger partial charge in [-0.05, 0) is 40.8 Å². The first kappa shape index (κ1) is 15.2. The van der Waals surface area contributed by atoms with Gasteiger partial charge in [0.15, 0.2) is 0 Å². The van der Waals surface area contributed by atoms with Gasteiger partial charge in [-0.1, -0.05) is 39.0 Å².